The Morgan fingerprint density at radius 1 is 1.41 bits per heavy atom. The van der Waals surface area contributed by atoms with Gasteiger partial charge in [0.1, 0.15) is 0 Å². The first kappa shape index (κ1) is 14.4. The van der Waals surface area contributed by atoms with Crippen LogP contribution in [0.2, 0.25) is 0 Å². The van der Waals surface area contributed by atoms with Crippen LogP contribution >= 0.6 is 11.8 Å². The molecule has 0 spiro atoms. The zero-order valence-corrected chi connectivity index (χ0v) is 11.8. The van der Waals surface area contributed by atoms with E-state index in [2.05, 4.69) is 9.89 Å². The van der Waals surface area contributed by atoms with Crippen molar-refractivity contribution in [2.75, 3.05) is 32.5 Å². The number of likely N-dealkylation sites (tertiary alicyclic amines) is 1. The summed E-state index contributed by atoms with van der Waals surface area (Å²) in [5.74, 6) is 0.0428. The number of carbonyl (C=O) groups is 1. The molecule has 0 amide bonds. The van der Waals surface area contributed by atoms with Gasteiger partial charge in [0.25, 0.3) is 0 Å². The highest BCUT2D eigenvalue weighted by Crippen LogP contribution is 2.21. The smallest absolute Gasteiger partial charge is 0.309 e. The van der Waals surface area contributed by atoms with Gasteiger partial charge in [0.05, 0.1) is 12.5 Å². The Morgan fingerprint density at radius 2 is 2.06 bits per heavy atom. The zero-order valence-electron chi connectivity index (χ0n) is 10.9. The molecule has 17 heavy (non-hydrogen) atoms. The number of aliphatic imine (C=N–C) groups is 1. The van der Waals surface area contributed by atoms with E-state index in [1.165, 1.54) is 0 Å². The minimum absolute atomic E-state index is 0.0368. The van der Waals surface area contributed by atoms with Crippen LogP contribution in [0.15, 0.2) is 4.99 Å². The first-order chi connectivity index (χ1) is 8.22. The Morgan fingerprint density at radius 3 is 2.53 bits per heavy atom. The maximum Gasteiger partial charge on any atom is 0.309 e. The molecule has 0 unspecified atom stereocenters. The predicted octanol–water partition coefficient (Wildman–Crippen LogP) is 2.00. The first-order valence-electron chi connectivity index (χ1n) is 6.22. The van der Waals surface area contributed by atoms with Gasteiger partial charge in [0, 0.05) is 19.6 Å². The summed E-state index contributed by atoms with van der Waals surface area (Å²) in [6, 6.07) is 0. The SMILES string of the molecule is CC/N=C(/SC)N1CCC(C(=O)OCC)CC1. The number of thioether (sulfide) groups is 1. The maximum absolute atomic E-state index is 11.6. The molecule has 5 heteroatoms. The van der Waals surface area contributed by atoms with E-state index in [0.717, 1.165) is 37.6 Å². The number of hydrogen-bond acceptors (Lipinski definition) is 4. The standard InChI is InChI=1S/C12H22N2O2S/c1-4-13-12(17-3)14-8-6-10(7-9-14)11(15)16-5-2/h10H,4-9H2,1-3H3/b13-12+. The Balaban J connectivity index is 2.44. The molecule has 0 aromatic carbocycles. The zero-order chi connectivity index (χ0) is 12.7. The van der Waals surface area contributed by atoms with Crippen molar-refractivity contribution in [1.82, 2.24) is 4.90 Å². The van der Waals surface area contributed by atoms with Crippen molar-refractivity contribution in [1.29, 1.82) is 0 Å². The van der Waals surface area contributed by atoms with Crippen LogP contribution in [-0.4, -0.2) is 48.5 Å². The molecule has 0 aromatic heterocycles. The second-order valence-corrected chi connectivity index (χ2v) is 4.75. The van der Waals surface area contributed by atoms with Gasteiger partial charge in [-0.15, -0.1) is 0 Å². The highest BCUT2D eigenvalue weighted by atomic mass is 32.2. The van der Waals surface area contributed by atoms with E-state index < -0.39 is 0 Å². The van der Waals surface area contributed by atoms with Crippen molar-refractivity contribution in [2.24, 2.45) is 10.9 Å². The Kier molecular flexibility index (Phi) is 6.40. The predicted molar refractivity (Wildman–Crippen MR) is 72.4 cm³/mol. The van der Waals surface area contributed by atoms with E-state index >= 15 is 0 Å². The molecule has 0 aliphatic carbocycles. The summed E-state index contributed by atoms with van der Waals surface area (Å²) < 4.78 is 5.06. The van der Waals surface area contributed by atoms with Gasteiger partial charge in [0.15, 0.2) is 5.17 Å². The highest BCUT2D eigenvalue weighted by molar-refractivity contribution is 8.13. The Bertz CT molecular complexity index is 274. The number of nitrogens with zero attached hydrogens (tertiary/aromatic N) is 2. The molecule has 1 fully saturated rings. The molecule has 1 heterocycles. The summed E-state index contributed by atoms with van der Waals surface area (Å²) in [7, 11) is 0. The molecule has 0 aromatic rings. The van der Waals surface area contributed by atoms with Gasteiger partial charge in [-0.05, 0) is 32.9 Å². The van der Waals surface area contributed by atoms with Gasteiger partial charge < -0.3 is 9.64 Å². The fraction of sp³-hybridized carbons (Fsp3) is 0.833. The minimum atomic E-state index is -0.0368. The van der Waals surface area contributed by atoms with Crippen LogP contribution in [0.25, 0.3) is 0 Å². The summed E-state index contributed by atoms with van der Waals surface area (Å²) in [5.41, 5.74) is 0. The van der Waals surface area contributed by atoms with Crippen LogP contribution in [-0.2, 0) is 9.53 Å². The number of rotatable bonds is 3. The second-order valence-electron chi connectivity index (χ2n) is 3.97. The fourth-order valence-electron chi connectivity index (χ4n) is 2.00. The Hall–Kier alpha value is -0.710. The van der Waals surface area contributed by atoms with Crippen molar-refractivity contribution >= 4 is 22.9 Å². The third kappa shape index (κ3) is 4.22. The van der Waals surface area contributed by atoms with Gasteiger partial charge in [-0.25, -0.2) is 0 Å². The van der Waals surface area contributed by atoms with E-state index in [0.29, 0.717) is 6.61 Å². The molecule has 0 saturated carbocycles. The quantitative estimate of drug-likeness (QED) is 0.441. The summed E-state index contributed by atoms with van der Waals surface area (Å²) >= 11 is 1.68. The summed E-state index contributed by atoms with van der Waals surface area (Å²) in [5, 5.41) is 1.09. The molecular formula is C12H22N2O2S. The van der Waals surface area contributed by atoms with Crippen LogP contribution in [0.1, 0.15) is 26.7 Å². The van der Waals surface area contributed by atoms with Crippen LogP contribution in [0.5, 0.6) is 0 Å². The van der Waals surface area contributed by atoms with Gasteiger partial charge in [-0.1, -0.05) is 11.8 Å². The first-order valence-corrected chi connectivity index (χ1v) is 7.45. The fourth-order valence-corrected chi connectivity index (χ4v) is 2.69. The molecule has 0 radical (unpaired) electrons. The molecule has 0 atom stereocenters. The van der Waals surface area contributed by atoms with E-state index in [9.17, 15) is 4.79 Å². The lowest BCUT2D eigenvalue weighted by molar-refractivity contribution is -0.149. The maximum atomic E-state index is 11.6. The monoisotopic (exact) mass is 258 g/mol. The minimum Gasteiger partial charge on any atom is -0.466 e. The molecule has 0 bridgehead atoms. The van der Waals surface area contributed by atoms with E-state index in [1.807, 2.05) is 20.1 Å². The van der Waals surface area contributed by atoms with E-state index in [1.54, 1.807) is 11.8 Å². The van der Waals surface area contributed by atoms with Crippen molar-refractivity contribution in [3.63, 3.8) is 0 Å². The number of amidine groups is 1. The van der Waals surface area contributed by atoms with E-state index in [-0.39, 0.29) is 11.9 Å². The normalized spacial score (nSPS) is 18.3. The summed E-state index contributed by atoms with van der Waals surface area (Å²) in [4.78, 5) is 18.3. The average Bonchev–Trinajstić information content (AvgIpc) is 2.36. The molecule has 1 saturated heterocycles. The Labute approximate surface area is 108 Å². The number of hydrogen-bond donors (Lipinski definition) is 0. The van der Waals surface area contributed by atoms with Crippen LogP contribution in [0.4, 0.5) is 0 Å². The van der Waals surface area contributed by atoms with Crippen molar-refractivity contribution < 1.29 is 9.53 Å². The van der Waals surface area contributed by atoms with Crippen LogP contribution < -0.4 is 0 Å². The molecule has 4 nitrogen and oxygen atoms in total. The third-order valence-corrected chi connectivity index (χ3v) is 3.61. The number of carbonyl (C=O) groups excluding carboxylic acids is 1. The molecule has 1 aliphatic rings. The molecule has 1 aliphatic heterocycles. The van der Waals surface area contributed by atoms with Crippen LogP contribution in [0.3, 0.4) is 0 Å². The lowest BCUT2D eigenvalue weighted by Crippen LogP contribution is -2.39. The molecular weight excluding hydrogens is 236 g/mol. The number of piperidine rings is 1. The molecule has 98 valence electrons. The lowest BCUT2D eigenvalue weighted by Gasteiger charge is -2.32. The molecule has 0 N–H and O–H groups in total. The van der Waals surface area contributed by atoms with Gasteiger partial charge in [0.2, 0.25) is 0 Å². The van der Waals surface area contributed by atoms with Gasteiger partial charge in [-0.3, -0.25) is 9.79 Å². The average molecular weight is 258 g/mol. The topological polar surface area (TPSA) is 41.9 Å². The van der Waals surface area contributed by atoms with Crippen molar-refractivity contribution in [3.8, 4) is 0 Å². The third-order valence-electron chi connectivity index (χ3n) is 2.86. The summed E-state index contributed by atoms with van der Waals surface area (Å²) in [6.45, 7) is 7.00. The second kappa shape index (κ2) is 7.58. The van der Waals surface area contributed by atoms with E-state index in [4.69, 9.17) is 4.74 Å². The van der Waals surface area contributed by atoms with Crippen molar-refractivity contribution in [2.45, 2.75) is 26.7 Å². The number of ether oxygens (including phenoxy) is 1. The summed E-state index contributed by atoms with van der Waals surface area (Å²) in [6.07, 6.45) is 3.80. The number of esters is 1. The van der Waals surface area contributed by atoms with Gasteiger partial charge in [-0.2, -0.15) is 0 Å². The highest BCUT2D eigenvalue weighted by Gasteiger charge is 2.26. The lowest BCUT2D eigenvalue weighted by atomic mass is 9.97. The van der Waals surface area contributed by atoms with Crippen LogP contribution in [0, 0.1) is 5.92 Å². The molecule has 1 rings (SSSR count). The van der Waals surface area contributed by atoms with Crippen molar-refractivity contribution in [3.05, 3.63) is 0 Å². The largest absolute Gasteiger partial charge is 0.466 e. The van der Waals surface area contributed by atoms with Gasteiger partial charge >= 0.3 is 5.97 Å².